The summed E-state index contributed by atoms with van der Waals surface area (Å²) in [5.41, 5.74) is -2.51. The van der Waals surface area contributed by atoms with Gasteiger partial charge in [0.25, 0.3) is 0 Å². The van der Waals surface area contributed by atoms with Gasteiger partial charge < -0.3 is 15.7 Å². The number of allylic oxidation sites excluding steroid dienone is 1. The number of carbonyl (C=O) groups is 2. The molecule has 1 aromatic heterocycles. The standard InChI is InChI=1S/C29H24ClF4N3O3/c30-21-8-9-23(35-15-21)28(14-16-4-2-1-3-5-16,19-11-20(29(32,33)34)13-22(31)12-19)37-27(40)36-25-18-7-6-17(10-18)24(25)26(38)39/h1-9,11-13,15,17-18,24-25H,10,14H2,(H,38,39)(H2,36,37,40)/t17?,18?,24?,25?,28-/m0/s1. The van der Waals surface area contributed by atoms with E-state index in [2.05, 4.69) is 15.6 Å². The van der Waals surface area contributed by atoms with E-state index in [-0.39, 0.29) is 34.5 Å². The van der Waals surface area contributed by atoms with Crippen LogP contribution in [-0.4, -0.2) is 28.1 Å². The molecule has 5 atom stereocenters. The highest BCUT2D eigenvalue weighted by Gasteiger charge is 2.50. The molecule has 0 spiro atoms. The van der Waals surface area contributed by atoms with Crippen molar-refractivity contribution in [1.82, 2.24) is 15.6 Å². The smallest absolute Gasteiger partial charge is 0.416 e. The molecule has 11 heteroatoms. The number of alkyl halides is 3. The number of carboxylic acids is 1. The fourth-order valence-electron chi connectivity index (χ4n) is 5.79. The van der Waals surface area contributed by atoms with Crippen LogP contribution in [0.1, 0.15) is 28.8 Å². The number of carboxylic acid groups (broad SMARTS) is 1. The predicted molar refractivity (Wildman–Crippen MR) is 139 cm³/mol. The minimum atomic E-state index is -4.87. The van der Waals surface area contributed by atoms with Crippen molar-refractivity contribution in [3.63, 3.8) is 0 Å². The second-order valence-electron chi connectivity index (χ2n) is 10.1. The summed E-state index contributed by atoms with van der Waals surface area (Å²) in [6, 6.07) is 12.1. The van der Waals surface area contributed by atoms with Crippen LogP contribution >= 0.6 is 11.6 Å². The molecule has 2 aliphatic carbocycles. The molecule has 1 heterocycles. The number of hydrogen-bond acceptors (Lipinski definition) is 3. The number of rotatable bonds is 7. The number of nitrogens with zero attached hydrogens (tertiary/aromatic N) is 1. The maximum atomic E-state index is 14.8. The second kappa shape index (κ2) is 10.6. The Morgan fingerprint density at radius 1 is 1.00 bits per heavy atom. The number of urea groups is 1. The van der Waals surface area contributed by atoms with E-state index in [1.807, 2.05) is 12.2 Å². The van der Waals surface area contributed by atoms with Crippen LogP contribution in [0.5, 0.6) is 0 Å². The number of fused-ring (bicyclic) bond motifs is 2. The lowest BCUT2D eigenvalue weighted by molar-refractivity contribution is -0.143. The summed E-state index contributed by atoms with van der Waals surface area (Å²) >= 11 is 6.05. The van der Waals surface area contributed by atoms with Gasteiger partial charge in [0.05, 0.1) is 28.2 Å². The van der Waals surface area contributed by atoms with Crippen molar-refractivity contribution in [3.8, 4) is 0 Å². The molecule has 5 rings (SSSR count). The highest BCUT2D eigenvalue weighted by atomic mass is 35.5. The van der Waals surface area contributed by atoms with E-state index in [1.165, 1.54) is 18.3 Å². The normalized spacial score (nSPS) is 23.0. The van der Waals surface area contributed by atoms with Crippen LogP contribution in [0, 0.1) is 23.6 Å². The zero-order valence-electron chi connectivity index (χ0n) is 20.8. The first kappa shape index (κ1) is 27.6. The fourth-order valence-corrected chi connectivity index (χ4v) is 5.90. The van der Waals surface area contributed by atoms with Gasteiger partial charge in [0, 0.05) is 12.6 Å². The third-order valence-electron chi connectivity index (χ3n) is 7.56. The number of amides is 2. The van der Waals surface area contributed by atoms with E-state index >= 15 is 0 Å². The lowest BCUT2D eigenvalue weighted by Crippen LogP contribution is -2.56. The Hall–Kier alpha value is -3.92. The van der Waals surface area contributed by atoms with Crippen molar-refractivity contribution < 1.29 is 32.3 Å². The number of halogens is 5. The summed E-state index contributed by atoms with van der Waals surface area (Å²) in [6.45, 7) is 0. The Balaban J connectivity index is 1.63. The summed E-state index contributed by atoms with van der Waals surface area (Å²) in [5.74, 6) is -3.51. The minimum absolute atomic E-state index is 0.102. The van der Waals surface area contributed by atoms with Crippen molar-refractivity contribution in [2.24, 2.45) is 17.8 Å². The Morgan fingerprint density at radius 2 is 1.70 bits per heavy atom. The second-order valence-corrected chi connectivity index (χ2v) is 10.5. The van der Waals surface area contributed by atoms with Gasteiger partial charge in [-0.1, -0.05) is 54.1 Å². The van der Waals surface area contributed by atoms with Gasteiger partial charge in [-0.05, 0) is 59.7 Å². The first-order chi connectivity index (χ1) is 19.0. The van der Waals surface area contributed by atoms with Crippen LogP contribution in [0.15, 0.2) is 79.0 Å². The lowest BCUT2D eigenvalue weighted by atomic mass is 9.79. The summed E-state index contributed by atoms with van der Waals surface area (Å²) in [6.07, 6.45) is 0.554. The summed E-state index contributed by atoms with van der Waals surface area (Å²) in [5, 5.41) is 15.6. The lowest BCUT2D eigenvalue weighted by Gasteiger charge is -2.37. The number of hydrogen-bond donors (Lipinski definition) is 3. The van der Waals surface area contributed by atoms with E-state index in [0.717, 1.165) is 12.1 Å². The van der Waals surface area contributed by atoms with Gasteiger partial charge in [-0.25, -0.2) is 9.18 Å². The predicted octanol–water partition coefficient (Wildman–Crippen LogP) is 5.95. The number of benzene rings is 2. The van der Waals surface area contributed by atoms with Crippen molar-refractivity contribution in [2.45, 2.75) is 30.6 Å². The highest BCUT2D eigenvalue weighted by molar-refractivity contribution is 6.30. The monoisotopic (exact) mass is 573 g/mol. The Bertz CT molecular complexity index is 1450. The average Bonchev–Trinajstić information content (AvgIpc) is 3.50. The third-order valence-corrected chi connectivity index (χ3v) is 7.79. The van der Waals surface area contributed by atoms with Crippen LogP contribution in [0.4, 0.5) is 22.4 Å². The van der Waals surface area contributed by atoms with Crippen LogP contribution < -0.4 is 10.6 Å². The number of aliphatic carboxylic acids is 1. The highest BCUT2D eigenvalue weighted by Crippen LogP contribution is 2.44. The molecule has 6 nitrogen and oxygen atoms in total. The Morgan fingerprint density at radius 3 is 2.35 bits per heavy atom. The molecule has 3 aromatic rings. The molecule has 1 fully saturated rings. The summed E-state index contributed by atoms with van der Waals surface area (Å²) in [4.78, 5) is 29.9. The van der Waals surface area contributed by atoms with E-state index in [9.17, 15) is 32.3 Å². The van der Waals surface area contributed by atoms with E-state index < -0.39 is 47.1 Å². The van der Waals surface area contributed by atoms with Crippen molar-refractivity contribution >= 4 is 23.6 Å². The quantitative estimate of drug-likeness (QED) is 0.240. The zero-order chi connectivity index (χ0) is 28.7. The molecule has 0 aliphatic heterocycles. The van der Waals surface area contributed by atoms with E-state index in [4.69, 9.17) is 11.6 Å². The van der Waals surface area contributed by atoms with Crippen molar-refractivity contribution in [3.05, 3.63) is 112 Å². The van der Waals surface area contributed by atoms with Gasteiger partial charge in [0.1, 0.15) is 11.4 Å². The summed E-state index contributed by atoms with van der Waals surface area (Å²) in [7, 11) is 0. The van der Waals surface area contributed by atoms with E-state index in [0.29, 0.717) is 18.1 Å². The Labute approximate surface area is 232 Å². The number of aromatic nitrogens is 1. The van der Waals surface area contributed by atoms with Crippen LogP contribution in [0.25, 0.3) is 0 Å². The number of carbonyl (C=O) groups excluding carboxylic acids is 1. The molecule has 0 saturated heterocycles. The SMILES string of the molecule is O=C(NC1C2C=CC(C2)C1C(=O)O)N[C@@](Cc1ccccc1)(c1cc(F)cc(C(F)(F)F)c1)c1ccc(Cl)cn1. The van der Waals surface area contributed by atoms with Crippen LogP contribution in [0.2, 0.25) is 5.02 Å². The topological polar surface area (TPSA) is 91.3 Å². The van der Waals surface area contributed by atoms with Crippen LogP contribution in [-0.2, 0) is 22.9 Å². The maximum Gasteiger partial charge on any atom is 0.416 e. The van der Waals surface area contributed by atoms with Crippen molar-refractivity contribution in [1.29, 1.82) is 0 Å². The summed E-state index contributed by atoms with van der Waals surface area (Å²) < 4.78 is 56.2. The van der Waals surface area contributed by atoms with Gasteiger partial charge in [-0.15, -0.1) is 0 Å². The first-order valence-electron chi connectivity index (χ1n) is 12.5. The molecule has 2 aliphatic rings. The molecule has 0 radical (unpaired) electrons. The number of nitrogens with one attached hydrogen (secondary N) is 2. The minimum Gasteiger partial charge on any atom is -0.481 e. The van der Waals surface area contributed by atoms with Gasteiger partial charge in [0.2, 0.25) is 0 Å². The molecule has 1 saturated carbocycles. The third kappa shape index (κ3) is 5.40. The first-order valence-corrected chi connectivity index (χ1v) is 12.9. The Kier molecular flexibility index (Phi) is 7.31. The average molecular weight is 574 g/mol. The molecule has 2 bridgehead atoms. The van der Waals surface area contributed by atoms with Gasteiger partial charge in [-0.2, -0.15) is 13.2 Å². The largest absolute Gasteiger partial charge is 0.481 e. The molecule has 3 N–H and O–H groups in total. The van der Waals surface area contributed by atoms with Gasteiger partial charge >= 0.3 is 18.2 Å². The molecule has 4 unspecified atom stereocenters. The molecule has 2 amide bonds. The van der Waals surface area contributed by atoms with Crippen LogP contribution in [0.3, 0.4) is 0 Å². The molecular formula is C29H24ClF4N3O3. The molecule has 40 heavy (non-hydrogen) atoms. The number of pyridine rings is 1. The fraction of sp³-hybridized carbons (Fsp3) is 0.276. The molecule has 2 aromatic carbocycles. The van der Waals surface area contributed by atoms with Gasteiger partial charge in [0.15, 0.2) is 0 Å². The molecule has 208 valence electrons. The molecular weight excluding hydrogens is 550 g/mol. The van der Waals surface area contributed by atoms with E-state index in [1.54, 1.807) is 30.3 Å². The maximum absolute atomic E-state index is 14.8. The zero-order valence-corrected chi connectivity index (χ0v) is 21.6. The van der Waals surface area contributed by atoms with Gasteiger partial charge in [-0.3, -0.25) is 9.78 Å². The van der Waals surface area contributed by atoms with Crippen molar-refractivity contribution in [2.75, 3.05) is 0 Å².